The molecule has 5 aromatic carbocycles. The number of phenols is 2. The number of nitrogens with one attached hydrogen (secondary N) is 1. The Labute approximate surface area is 249 Å². The van der Waals surface area contributed by atoms with Crippen LogP contribution in [0.2, 0.25) is 0 Å². The predicted octanol–water partition coefficient (Wildman–Crippen LogP) is 6.60. The van der Waals surface area contributed by atoms with E-state index < -0.39 is 5.91 Å². The number of ether oxygens (including phenoxy) is 3. The summed E-state index contributed by atoms with van der Waals surface area (Å²) in [6.45, 7) is 0.740. The van der Waals surface area contributed by atoms with E-state index in [2.05, 4.69) is 10.5 Å². The van der Waals surface area contributed by atoms with Gasteiger partial charge in [-0.1, -0.05) is 91.0 Å². The fraction of sp³-hybridized carbons (Fsp3) is 0.0857. The number of aromatic hydroxyl groups is 2. The molecule has 5 aromatic rings. The van der Waals surface area contributed by atoms with Crippen LogP contribution in [0.3, 0.4) is 0 Å². The molecule has 0 saturated carbocycles. The van der Waals surface area contributed by atoms with Crippen LogP contribution in [0.25, 0.3) is 0 Å². The first-order valence-corrected chi connectivity index (χ1v) is 13.6. The van der Waals surface area contributed by atoms with Crippen molar-refractivity contribution in [2.24, 2.45) is 5.10 Å². The summed E-state index contributed by atoms with van der Waals surface area (Å²) < 4.78 is 18.7. The minimum absolute atomic E-state index is 0.0840. The highest BCUT2D eigenvalue weighted by atomic mass is 16.5. The molecule has 0 aliphatic heterocycles. The summed E-state index contributed by atoms with van der Waals surface area (Å²) in [7, 11) is 0. The molecular formula is C35H30N2O6. The average Bonchev–Trinajstić information content (AvgIpc) is 3.04. The first-order chi connectivity index (χ1) is 21.0. The van der Waals surface area contributed by atoms with E-state index in [9.17, 15) is 15.0 Å². The van der Waals surface area contributed by atoms with Crippen LogP contribution in [0.4, 0.5) is 0 Å². The molecule has 1 amide bonds. The second kappa shape index (κ2) is 14.2. The van der Waals surface area contributed by atoms with Gasteiger partial charge in [-0.25, -0.2) is 5.43 Å². The van der Waals surface area contributed by atoms with Gasteiger partial charge in [0.25, 0.3) is 5.91 Å². The molecule has 0 atom stereocenters. The van der Waals surface area contributed by atoms with Crippen LogP contribution in [-0.4, -0.2) is 22.3 Å². The number of nitrogens with zero attached hydrogens (tertiary/aromatic N) is 1. The third-order valence-electron chi connectivity index (χ3n) is 6.37. The van der Waals surface area contributed by atoms with Gasteiger partial charge in [-0.2, -0.15) is 5.10 Å². The van der Waals surface area contributed by atoms with Gasteiger partial charge in [-0.3, -0.25) is 4.79 Å². The minimum atomic E-state index is -0.529. The lowest BCUT2D eigenvalue weighted by molar-refractivity contribution is 0.0953. The van der Waals surface area contributed by atoms with Crippen molar-refractivity contribution < 1.29 is 29.2 Å². The number of rotatable bonds is 12. The van der Waals surface area contributed by atoms with Gasteiger partial charge in [0.2, 0.25) is 5.75 Å². The summed E-state index contributed by atoms with van der Waals surface area (Å²) in [6, 6.07) is 36.3. The topological polar surface area (TPSA) is 110 Å². The predicted molar refractivity (Wildman–Crippen MR) is 164 cm³/mol. The van der Waals surface area contributed by atoms with Gasteiger partial charge in [-0.05, 0) is 41.0 Å². The molecule has 0 aromatic heterocycles. The standard InChI is InChI=1S/C35H30N2O6/c38-30-17-16-28(31(39)20-30)21-36-37-35(40)29-18-32(41-22-25-10-4-1-5-11-25)34(43-24-27-14-8-3-9-15-27)33(19-29)42-23-26-12-6-2-7-13-26/h1-21,38-39H,22-24H2,(H,37,40)/b36-21-. The van der Waals surface area contributed by atoms with E-state index in [0.29, 0.717) is 22.8 Å². The number of phenolic OH excluding ortho intramolecular Hbond substituents is 2. The molecule has 0 unspecified atom stereocenters. The first-order valence-electron chi connectivity index (χ1n) is 13.6. The lowest BCUT2D eigenvalue weighted by atomic mass is 10.1. The molecule has 0 bridgehead atoms. The summed E-state index contributed by atoms with van der Waals surface area (Å²) in [4.78, 5) is 13.2. The van der Waals surface area contributed by atoms with Gasteiger partial charge in [-0.15, -0.1) is 0 Å². The van der Waals surface area contributed by atoms with Crippen LogP contribution in [0.1, 0.15) is 32.6 Å². The quantitative estimate of drug-likeness (QED) is 0.114. The van der Waals surface area contributed by atoms with Gasteiger partial charge in [0.15, 0.2) is 11.5 Å². The number of hydrazone groups is 1. The molecule has 3 N–H and O–H groups in total. The Hall–Kier alpha value is -5.76. The zero-order valence-electron chi connectivity index (χ0n) is 23.2. The number of carbonyl (C=O) groups is 1. The maximum atomic E-state index is 13.2. The molecular weight excluding hydrogens is 544 g/mol. The van der Waals surface area contributed by atoms with Crippen molar-refractivity contribution in [3.05, 3.63) is 149 Å². The highest BCUT2D eigenvalue weighted by Crippen LogP contribution is 2.40. The molecule has 5 rings (SSSR count). The van der Waals surface area contributed by atoms with Crippen molar-refractivity contribution in [1.29, 1.82) is 0 Å². The van der Waals surface area contributed by atoms with Gasteiger partial charge in [0.05, 0.1) is 6.21 Å². The Kier molecular flexibility index (Phi) is 9.52. The second-order valence-electron chi connectivity index (χ2n) is 9.57. The summed E-state index contributed by atoms with van der Waals surface area (Å²) in [5.74, 6) is 0.236. The molecule has 0 aliphatic carbocycles. The first kappa shape index (κ1) is 28.8. The molecule has 0 aliphatic rings. The molecule has 0 spiro atoms. The van der Waals surface area contributed by atoms with E-state index in [1.807, 2.05) is 91.0 Å². The fourth-order valence-electron chi connectivity index (χ4n) is 4.13. The van der Waals surface area contributed by atoms with Gasteiger partial charge >= 0.3 is 0 Å². The Morgan fingerprint density at radius 2 is 1.14 bits per heavy atom. The molecule has 0 saturated heterocycles. The van der Waals surface area contributed by atoms with E-state index >= 15 is 0 Å². The van der Waals surface area contributed by atoms with Crippen LogP contribution in [0, 0.1) is 0 Å². The normalized spacial score (nSPS) is 10.8. The Morgan fingerprint density at radius 3 is 1.63 bits per heavy atom. The number of carbonyl (C=O) groups excluding carboxylic acids is 1. The van der Waals surface area contributed by atoms with Crippen molar-refractivity contribution in [1.82, 2.24) is 5.43 Å². The third kappa shape index (κ3) is 8.14. The molecule has 0 heterocycles. The summed E-state index contributed by atoms with van der Waals surface area (Å²) in [5, 5.41) is 23.5. The van der Waals surface area contributed by atoms with E-state index in [0.717, 1.165) is 16.7 Å². The lowest BCUT2D eigenvalue weighted by Crippen LogP contribution is -2.18. The number of benzene rings is 5. The van der Waals surface area contributed by atoms with E-state index in [4.69, 9.17) is 14.2 Å². The highest BCUT2D eigenvalue weighted by molar-refractivity contribution is 5.96. The van der Waals surface area contributed by atoms with Crippen molar-refractivity contribution in [2.75, 3.05) is 0 Å². The Morgan fingerprint density at radius 1 is 0.651 bits per heavy atom. The van der Waals surface area contributed by atoms with Crippen molar-refractivity contribution in [3.8, 4) is 28.7 Å². The maximum absolute atomic E-state index is 13.2. The molecule has 0 fully saturated rings. The van der Waals surface area contributed by atoms with Crippen LogP contribution in [-0.2, 0) is 19.8 Å². The molecule has 43 heavy (non-hydrogen) atoms. The fourth-order valence-corrected chi connectivity index (χ4v) is 4.13. The summed E-state index contributed by atoms with van der Waals surface area (Å²) >= 11 is 0. The number of amides is 1. The van der Waals surface area contributed by atoms with E-state index in [1.54, 1.807) is 12.1 Å². The van der Waals surface area contributed by atoms with Crippen LogP contribution in [0.15, 0.2) is 126 Å². The maximum Gasteiger partial charge on any atom is 0.271 e. The molecule has 0 radical (unpaired) electrons. The molecule has 8 heteroatoms. The molecule has 8 nitrogen and oxygen atoms in total. The SMILES string of the molecule is O=C(N/N=C\c1ccc(O)cc1O)c1cc(OCc2ccccc2)c(OCc2ccccc2)c(OCc2ccccc2)c1. The smallest absolute Gasteiger partial charge is 0.271 e. The van der Waals surface area contributed by atoms with Crippen molar-refractivity contribution >= 4 is 12.1 Å². The largest absolute Gasteiger partial charge is 0.508 e. The average molecular weight is 575 g/mol. The van der Waals surface area contributed by atoms with E-state index in [1.165, 1.54) is 24.4 Å². The Bertz CT molecular complexity index is 1610. The summed E-state index contributed by atoms with van der Waals surface area (Å²) in [6.07, 6.45) is 1.28. The van der Waals surface area contributed by atoms with Crippen molar-refractivity contribution in [3.63, 3.8) is 0 Å². The van der Waals surface area contributed by atoms with Gasteiger partial charge < -0.3 is 24.4 Å². The highest BCUT2D eigenvalue weighted by Gasteiger charge is 2.20. The van der Waals surface area contributed by atoms with Crippen LogP contribution in [0.5, 0.6) is 28.7 Å². The minimum Gasteiger partial charge on any atom is -0.508 e. The zero-order chi connectivity index (χ0) is 29.9. The van der Waals surface area contributed by atoms with Crippen molar-refractivity contribution in [2.45, 2.75) is 19.8 Å². The summed E-state index contributed by atoms with van der Waals surface area (Å²) in [5.41, 5.74) is 5.86. The van der Waals surface area contributed by atoms with Gasteiger partial charge in [0.1, 0.15) is 31.3 Å². The third-order valence-corrected chi connectivity index (χ3v) is 6.37. The van der Waals surface area contributed by atoms with Gasteiger partial charge in [0, 0.05) is 17.2 Å². The number of hydrogen-bond acceptors (Lipinski definition) is 7. The second-order valence-corrected chi connectivity index (χ2v) is 9.57. The molecule has 216 valence electrons. The van der Waals surface area contributed by atoms with Crippen LogP contribution < -0.4 is 19.6 Å². The number of hydrogen-bond donors (Lipinski definition) is 3. The zero-order valence-corrected chi connectivity index (χ0v) is 23.2. The van der Waals surface area contributed by atoms with Crippen LogP contribution >= 0.6 is 0 Å². The Balaban J connectivity index is 1.45. The monoisotopic (exact) mass is 574 g/mol. The van der Waals surface area contributed by atoms with E-state index in [-0.39, 0.29) is 36.9 Å². The lowest BCUT2D eigenvalue weighted by Gasteiger charge is -2.19.